The largest absolute Gasteiger partial charge is 0.497 e. The van der Waals surface area contributed by atoms with Gasteiger partial charge >= 0.3 is 0 Å². The topological polar surface area (TPSA) is 57.9 Å². The molecule has 0 aliphatic rings. The van der Waals surface area contributed by atoms with E-state index < -0.39 is 0 Å². The molecule has 0 radical (unpaired) electrons. The molecule has 2 aromatic rings. The van der Waals surface area contributed by atoms with Gasteiger partial charge < -0.3 is 9.72 Å². The molecule has 1 aromatic heterocycles. The molecule has 4 nitrogen and oxygen atoms in total. The van der Waals surface area contributed by atoms with Crippen LogP contribution in [0.15, 0.2) is 29.1 Å². The van der Waals surface area contributed by atoms with E-state index in [-0.39, 0.29) is 5.56 Å². The van der Waals surface area contributed by atoms with Gasteiger partial charge in [-0.1, -0.05) is 12.1 Å². The molecule has 0 aliphatic carbocycles. The van der Waals surface area contributed by atoms with E-state index in [0.717, 1.165) is 17.0 Å². The Balaban J connectivity index is 2.40. The molecule has 18 heavy (non-hydrogen) atoms. The number of aromatic amines is 2. The quantitative estimate of drug-likeness (QED) is 0.835. The second-order valence-corrected chi connectivity index (χ2v) is 4.45. The molecule has 2 N–H and O–H groups in total. The van der Waals surface area contributed by atoms with E-state index in [2.05, 4.69) is 9.97 Å². The first-order valence-corrected chi connectivity index (χ1v) is 5.96. The average molecular weight is 262 g/mol. The van der Waals surface area contributed by atoms with E-state index >= 15 is 0 Å². The summed E-state index contributed by atoms with van der Waals surface area (Å²) in [6.45, 7) is 1.85. The summed E-state index contributed by atoms with van der Waals surface area (Å²) in [5.74, 6) is 0.783. The van der Waals surface area contributed by atoms with Gasteiger partial charge in [-0.15, -0.1) is 0 Å². The Bertz CT molecular complexity index is 673. The number of aryl methyl sites for hydroxylation is 1. The van der Waals surface area contributed by atoms with Crippen molar-refractivity contribution in [3.05, 3.63) is 56.2 Å². The van der Waals surface area contributed by atoms with Crippen LogP contribution in [0.3, 0.4) is 0 Å². The average Bonchev–Trinajstić information content (AvgIpc) is 2.34. The maximum Gasteiger partial charge on any atom is 0.255 e. The summed E-state index contributed by atoms with van der Waals surface area (Å²) in [5.41, 5.74) is 2.37. The number of H-pyrrole nitrogens is 2. The zero-order chi connectivity index (χ0) is 13.1. The lowest BCUT2D eigenvalue weighted by Gasteiger charge is -2.06. The first-order valence-electron chi connectivity index (χ1n) is 5.55. The van der Waals surface area contributed by atoms with Crippen molar-refractivity contribution in [2.45, 2.75) is 13.3 Å². The van der Waals surface area contributed by atoms with E-state index in [0.29, 0.717) is 16.8 Å². The highest BCUT2D eigenvalue weighted by Gasteiger charge is 2.06. The third-order valence-corrected chi connectivity index (χ3v) is 2.97. The van der Waals surface area contributed by atoms with Crippen molar-refractivity contribution in [1.29, 1.82) is 0 Å². The first-order chi connectivity index (χ1) is 8.60. The van der Waals surface area contributed by atoms with Crippen molar-refractivity contribution < 1.29 is 4.74 Å². The Morgan fingerprint density at radius 1 is 1.33 bits per heavy atom. The van der Waals surface area contributed by atoms with Crippen LogP contribution in [-0.2, 0) is 6.42 Å². The number of aromatic nitrogens is 2. The van der Waals surface area contributed by atoms with E-state index in [1.165, 1.54) is 0 Å². The Morgan fingerprint density at radius 2 is 2.11 bits per heavy atom. The monoisotopic (exact) mass is 262 g/mol. The smallest absolute Gasteiger partial charge is 0.255 e. The van der Waals surface area contributed by atoms with Crippen LogP contribution in [0.5, 0.6) is 5.75 Å². The molecule has 0 bridgehead atoms. The minimum absolute atomic E-state index is 0.140. The van der Waals surface area contributed by atoms with Gasteiger partial charge in [0.05, 0.1) is 7.11 Å². The summed E-state index contributed by atoms with van der Waals surface area (Å²) in [6.07, 6.45) is 0.546. The number of hydrogen-bond acceptors (Lipinski definition) is 3. The van der Waals surface area contributed by atoms with Crippen LogP contribution in [0, 0.1) is 11.7 Å². The molecule has 1 heterocycles. The Kier molecular flexibility index (Phi) is 3.62. The standard InChI is InChI=1S/C13H14N2O2S/c1-8-11(12(16)15-13(18)14-8)7-9-4-3-5-10(6-9)17-2/h3-6H,7H2,1-2H3,(H2,14,15,16,18). The lowest BCUT2D eigenvalue weighted by atomic mass is 10.1. The normalized spacial score (nSPS) is 10.3. The summed E-state index contributed by atoms with van der Waals surface area (Å²) in [6, 6.07) is 7.66. The van der Waals surface area contributed by atoms with Crippen molar-refractivity contribution in [2.24, 2.45) is 0 Å². The molecule has 0 saturated carbocycles. The van der Waals surface area contributed by atoms with Gasteiger partial charge in [0.25, 0.3) is 5.56 Å². The van der Waals surface area contributed by atoms with Crippen LogP contribution in [0.1, 0.15) is 16.8 Å². The van der Waals surface area contributed by atoms with Gasteiger partial charge in [0.2, 0.25) is 0 Å². The van der Waals surface area contributed by atoms with Crippen molar-refractivity contribution >= 4 is 12.2 Å². The number of methoxy groups -OCH3 is 1. The maximum atomic E-state index is 11.8. The van der Waals surface area contributed by atoms with Crippen LogP contribution < -0.4 is 10.3 Å². The molecular weight excluding hydrogens is 248 g/mol. The molecule has 2 rings (SSSR count). The third-order valence-electron chi connectivity index (χ3n) is 2.77. The van der Waals surface area contributed by atoms with Crippen molar-refractivity contribution in [1.82, 2.24) is 9.97 Å². The second-order valence-electron chi connectivity index (χ2n) is 4.04. The number of ether oxygens (including phenoxy) is 1. The summed E-state index contributed by atoms with van der Waals surface area (Å²) in [5, 5.41) is 0. The van der Waals surface area contributed by atoms with E-state index in [1.54, 1.807) is 7.11 Å². The summed E-state index contributed by atoms with van der Waals surface area (Å²) < 4.78 is 5.52. The number of rotatable bonds is 3. The first kappa shape index (κ1) is 12.6. The zero-order valence-corrected chi connectivity index (χ0v) is 11.1. The molecule has 0 spiro atoms. The van der Waals surface area contributed by atoms with Crippen molar-refractivity contribution in [3.8, 4) is 5.75 Å². The summed E-state index contributed by atoms with van der Waals surface area (Å²) in [4.78, 5) is 17.4. The molecule has 0 atom stereocenters. The van der Waals surface area contributed by atoms with Gasteiger partial charge in [0.1, 0.15) is 5.75 Å². The number of benzene rings is 1. The predicted molar refractivity (Wildman–Crippen MR) is 72.8 cm³/mol. The van der Waals surface area contributed by atoms with Crippen LogP contribution in [0.2, 0.25) is 0 Å². The minimum Gasteiger partial charge on any atom is -0.497 e. The number of nitrogens with one attached hydrogen (secondary N) is 2. The molecule has 1 aromatic carbocycles. The van der Waals surface area contributed by atoms with E-state index in [9.17, 15) is 4.79 Å². The Labute approximate surface area is 110 Å². The molecular formula is C13H14N2O2S. The summed E-state index contributed by atoms with van der Waals surface area (Å²) >= 11 is 4.92. The minimum atomic E-state index is -0.140. The number of hydrogen-bond donors (Lipinski definition) is 2. The van der Waals surface area contributed by atoms with Crippen molar-refractivity contribution in [2.75, 3.05) is 7.11 Å². The van der Waals surface area contributed by atoms with E-state index in [4.69, 9.17) is 17.0 Å². The molecule has 0 fully saturated rings. The molecule has 0 unspecified atom stereocenters. The van der Waals surface area contributed by atoms with Crippen molar-refractivity contribution in [3.63, 3.8) is 0 Å². The van der Waals surface area contributed by atoms with Gasteiger partial charge in [-0.25, -0.2) is 0 Å². The fourth-order valence-electron chi connectivity index (χ4n) is 1.83. The molecule has 5 heteroatoms. The highest BCUT2D eigenvalue weighted by atomic mass is 32.1. The van der Waals surface area contributed by atoms with Crippen LogP contribution in [0.25, 0.3) is 0 Å². The van der Waals surface area contributed by atoms with Gasteiger partial charge in [-0.3, -0.25) is 9.78 Å². The summed E-state index contributed by atoms with van der Waals surface area (Å²) in [7, 11) is 1.62. The molecule has 0 saturated heterocycles. The highest BCUT2D eigenvalue weighted by Crippen LogP contribution is 2.15. The second kappa shape index (κ2) is 5.18. The fourth-order valence-corrected chi connectivity index (χ4v) is 2.07. The maximum absolute atomic E-state index is 11.8. The lowest BCUT2D eigenvalue weighted by Crippen LogP contribution is -2.16. The van der Waals surface area contributed by atoms with Crippen LogP contribution >= 0.6 is 12.2 Å². The van der Waals surface area contributed by atoms with Crippen LogP contribution in [0.4, 0.5) is 0 Å². The fraction of sp³-hybridized carbons (Fsp3) is 0.231. The van der Waals surface area contributed by atoms with Gasteiger partial charge in [0.15, 0.2) is 4.77 Å². The van der Waals surface area contributed by atoms with Gasteiger partial charge in [0, 0.05) is 17.7 Å². The van der Waals surface area contributed by atoms with Crippen LogP contribution in [-0.4, -0.2) is 17.1 Å². The molecule has 0 amide bonds. The zero-order valence-electron chi connectivity index (χ0n) is 10.2. The lowest BCUT2D eigenvalue weighted by molar-refractivity contribution is 0.414. The SMILES string of the molecule is COc1cccc(Cc2c(C)[nH]c(=S)[nH]c2=O)c1. The van der Waals surface area contributed by atoms with E-state index in [1.807, 2.05) is 31.2 Å². The van der Waals surface area contributed by atoms with Gasteiger partial charge in [-0.05, 0) is 36.8 Å². The molecule has 0 aliphatic heterocycles. The Hall–Kier alpha value is -1.88. The predicted octanol–water partition coefficient (Wildman–Crippen LogP) is 2.34. The van der Waals surface area contributed by atoms with Gasteiger partial charge in [-0.2, -0.15) is 0 Å². The molecule has 94 valence electrons. The Morgan fingerprint density at radius 3 is 2.78 bits per heavy atom. The third kappa shape index (κ3) is 2.68. The highest BCUT2D eigenvalue weighted by molar-refractivity contribution is 7.71.